The Kier molecular flexibility index (Phi) is 19.4. The second-order valence-electron chi connectivity index (χ2n) is 1.62. The smallest absolute Gasteiger partial charge is 0.358 e. The van der Waals surface area contributed by atoms with Crippen LogP contribution in [0.3, 0.4) is 0 Å². The average Bonchev–Trinajstić information content (AvgIpc) is 2.24. The van der Waals surface area contributed by atoms with Gasteiger partial charge in [0.2, 0.25) is 0 Å². The SMILES string of the molecule is [CH3-].[CH3-].[Zn+2].c1cnnnc1.c1cnnnc1. The Morgan fingerprint density at radius 1 is 0.533 bits per heavy atom. The fraction of sp³-hybridized carbons (Fsp3) is 0. The Morgan fingerprint density at radius 3 is 0.867 bits per heavy atom. The molecule has 2 aromatic heterocycles. The normalized spacial score (nSPS) is 6.40. The van der Waals surface area contributed by atoms with E-state index in [9.17, 15) is 0 Å². The van der Waals surface area contributed by atoms with Gasteiger partial charge in [-0.1, -0.05) is 0 Å². The van der Waals surface area contributed by atoms with Crippen molar-refractivity contribution in [3.63, 3.8) is 0 Å². The zero-order chi connectivity index (χ0) is 8.49. The number of rotatable bonds is 0. The van der Waals surface area contributed by atoms with Crippen molar-refractivity contribution in [3.8, 4) is 0 Å². The van der Waals surface area contributed by atoms with Crippen LogP contribution in [0, 0.1) is 14.9 Å². The molecule has 0 unspecified atom stereocenters. The van der Waals surface area contributed by atoms with E-state index in [1.54, 1.807) is 36.9 Å². The van der Waals surface area contributed by atoms with Crippen molar-refractivity contribution < 1.29 is 19.5 Å². The molecule has 2 rings (SSSR count). The van der Waals surface area contributed by atoms with E-state index in [4.69, 9.17) is 0 Å². The van der Waals surface area contributed by atoms with Crippen LogP contribution in [0.25, 0.3) is 0 Å². The van der Waals surface area contributed by atoms with Crippen molar-refractivity contribution in [2.45, 2.75) is 0 Å². The molecule has 0 N–H and O–H groups in total. The summed E-state index contributed by atoms with van der Waals surface area (Å²) in [7, 11) is 0. The third kappa shape index (κ3) is 12.6. The first kappa shape index (κ1) is 19.3. The molecule has 7 heteroatoms. The van der Waals surface area contributed by atoms with Crippen molar-refractivity contribution in [2.24, 2.45) is 0 Å². The molecule has 0 aliphatic rings. The van der Waals surface area contributed by atoms with Crippen LogP contribution >= 0.6 is 0 Å². The van der Waals surface area contributed by atoms with Crippen LogP contribution in [0.2, 0.25) is 0 Å². The molecule has 6 nitrogen and oxygen atoms in total. The summed E-state index contributed by atoms with van der Waals surface area (Å²) in [6, 6.07) is 3.43. The van der Waals surface area contributed by atoms with Crippen LogP contribution < -0.4 is 0 Å². The molecular weight excluding hydrogens is 246 g/mol. The van der Waals surface area contributed by atoms with Crippen molar-refractivity contribution in [1.82, 2.24) is 30.8 Å². The first-order chi connectivity index (χ1) is 6.00. The minimum absolute atomic E-state index is 0. The Labute approximate surface area is 102 Å². The van der Waals surface area contributed by atoms with Crippen molar-refractivity contribution in [3.05, 3.63) is 51.8 Å². The first-order valence-electron chi connectivity index (χ1n) is 3.17. The van der Waals surface area contributed by atoms with Gasteiger partial charge in [0.1, 0.15) is 0 Å². The largest absolute Gasteiger partial charge is 2.00 e. The number of hydrogen-bond donors (Lipinski definition) is 0. The van der Waals surface area contributed by atoms with E-state index in [0.717, 1.165) is 0 Å². The molecule has 0 aliphatic heterocycles. The van der Waals surface area contributed by atoms with Crippen molar-refractivity contribution >= 4 is 0 Å². The van der Waals surface area contributed by atoms with Crippen molar-refractivity contribution in [1.29, 1.82) is 0 Å². The van der Waals surface area contributed by atoms with Gasteiger partial charge >= 0.3 is 19.5 Å². The minimum atomic E-state index is 0. The molecule has 0 bridgehead atoms. The molecule has 0 saturated carbocycles. The predicted octanol–water partition coefficient (Wildman–Crippen LogP) is 0.641. The van der Waals surface area contributed by atoms with E-state index in [1.807, 2.05) is 0 Å². The average molecular weight is 258 g/mol. The van der Waals surface area contributed by atoms with Gasteiger partial charge in [0, 0.05) is 0 Å². The van der Waals surface area contributed by atoms with Crippen molar-refractivity contribution in [2.75, 3.05) is 0 Å². The Hall–Kier alpha value is -1.36. The summed E-state index contributed by atoms with van der Waals surface area (Å²) in [5.41, 5.74) is 0. The molecule has 0 saturated heterocycles. The topological polar surface area (TPSA) is 77.3 Å². The third-order valence-electron chi connectivity index (χ3n) is 0.817. The molecule has 15 heavy (non-hydrogen) atoms. The molecule has 0 aliphatic carbocycles. The van der Waals surface area contributed by atoms with Crippen LogP contribution in [-0.2, 0) is 19.5 Å². The summed E-state index contributed by atoms with van der Waals surface area (Å²) in [5, 5.41) is 20.3. The number of nitrogens with zero attached hydrogens (tertiary/aromatic N) is 6. The Balaban J connectivity index is -0.000000160. The van der Waals surface area contributed by atoms with Crippen LogP contribution in [0.4, 0.5) is 0 Å². The van der Waals surface area contributed by atoms with E-state index >= 15 is 0 Å². The van der Waals surface area contributed by atoms with Gasteiger partial charge in [-0.3, -0.25) is 0 Å². The zero-order valence-electron chi connectivity index (χ0n) is 8.85. The van der Waals surface area contributed by atoms with Gasteiger partial charge < -0.3 is 14.9 Å². The molecule has 0 radical (unpaired) electrons. The Morgan fingerprint density at radius 2 is 0.800 bits per heavy atom. The van der Waals surface area contributed by atoms with Crippen LogP contribution in [-0.4, -0.2) is 30.8 Å². The number of hydrogen-bond acceptors (Lipinski definition) is 6. The second kappa shape index (κ2) is 15.1. The standard InChI is InChI=1S/2C3H3N3.2CH3.Zn/c2*1-2-4-6-5-3-1;;;/h2*1-3H;2*1H3;/q;;2*-1;+2. The molecule has 2 aromatic rings. The summed E-state index contributed by atoms with van der Waals surface area (Å²) >= 11 is 0. The molecule has 76 valence electrons. The van der Waals surface area contributed by atoms with Gasteiger partial charge in [-0.25, -0.2) is 0 Å². The summed E-state index contributed by atoms with van der Waals surface area (Å²) in [4.78, 5) is 0. The third-order valence-corrected chi connectivity index (χ3v) is 0.817. The van der Waals surface area contributed by atoms with Gasteiger partial charge in [0.15, 0.2) is 0 Å². The predicted molar refractivity (Wildman–Crippen MR) is 52.5 cm³/mol. The monoisotopic (exact) mass is 256 g/mol. The summed E-state index contributed by atoms with van der Waals surface area (Å²) in [5.74, 6) is 0. The maximum absolute atomic E-state index is 3.42. The van der Waals surface area contributed by atoms with Gasteiger partial charge in [-0.2, -0.15) is 0 Å². The summed E-state index contributed by atoms with van der Waals surface area (Å²) in [6.45, 7) is 0. The fourth-order valence-electron chi connectivity index (χ4n) is 0.410. The molecule has 0 amide bonds. The van der Waals surface area contributed by atoms with E-state index in [-0.39, 0.29) is 34.3 Å². The molecule has 0 spiro atoms. The molecular formula is C8H12N6Zn. The molecule has 2 heterocycles. The maximum atomic E-state index is 3.42. The summed E-state index contributed by atoms with van der Waals surface area (Å²) in [6.07, 6.45) is 6.31. The van der Waals surface area contributed by atoms with Crippen LogP contribution in [0.1, 0.15) is 0 Å². The van der Waals surface area contributed by atoms with E-state index in [2.05, 4.69) is 30.8 Å². The minimum Gasteiger partial charge on any atom is -0.358 e. The van der Waals surface area contributed by atoms with E-state index in [1.165, 1.54) is 0 Å². The molecule has 0 atom stereocenters. The van der Waals surface area contributed by atoms with Crippen LogP contribution in [0.15, 0.2) is 36.9 Å². The van der Waals surface area contributed by atoms with Gasteiger partial charge in [-0.15, -0.1) is 20.4 Å². The van der Waals surface area contributed by atoms with E-state index < -0.39 is 0 Å². The quantitative estimate of drug-likeness (QED) is 0.509. The van der Waals surface area contributed by atoms with Crippen LogP contribution in [0.5, 0.6) is 0 Å². The second-order valence-corrected chi connectivity index (χ2v) is 1.62. The first-order valence-corrected chi connectivity index (χ1v) is 3.17. The maximum Gasteiger partial charge on any atom is 2.00 e. The number of aromatic nitrogens is 6. The van der Waals surface area contributed by atoms with Gasteiger partial charge in [0.25, 0.3) is 0 Å². The Bertz CT molecular complexity index is 195. The van der Waals surface area contributed by atoms with E-state index in [0.29, 0.717) is 0 Å². The van der Waals surface area contributed by atoms with Gasteiger partial charge in [0.05, 0.1) is 24.8 Å². The summed E-state index contributed by atoms with van der Waals surface area (Å²) < 4.78 is 0. The molecule has 0 fully saturated rings. The van der Waals surface area contributed by atoms with Gasteiger partial charge in [-0.05, 0) is 22.6 Å². The fourth-order valence-corrected chi connectivity index (χ4v) is 0.410. The zero-order valence-corrected chi connectivity index (χ0v) is 11.8. The molecule has 0 aromatic carbocycles.